The molecule has 0 radical (unpaired) electrons. The molecule has 1 aliphatic rings. The van der Waals surface area contributed by atoms with Gasteiger partial charge in [0.15, 0.2) is 0 Å². The van der Waals surface area contributed by atoms with E-state index in [1.807, 2.05) is 0 Å². The Morgan fingerprint density at radius 3 is 2.48 bits per heavy atom. The minimum absolute atomic E-state index is 0.158. The van der Waals surface area contributed by atoms with Crippen molar-refractivity contribution in [1.29, 1.82) is 0 Å². The zero-order valence-corrected chi connectivity index (χ0v) is 17.8. The SMILES string of the molecule is O=C(c1ccc(-n2ccnc2)nc1)N1CCN(S(=O)(=O)c2cccc(Br)c2)CC1. The Morgan fingerprint density at radius 1 is 1.07 bits per heavy atom. The molecule has 0 aliphatic carbocycles. The molecule has 4 rings (SSSR count). The van der Waals surface area contributed by atoms with Crippen LogP contribution in [0.2, 0.25) is 0 Å². The molecule has 1 aromatic carbocycles. The fourth-order valence-electron chi connectivity index (χ4n) is 3.15. The van der Waals surface area contributed by atoms with Crippen molar-refractivity contribution in [3.8, 4) is 5.82 Å². The van der Waals surface area contributed by atoms with Crippen molar-refractivity contribution in [3.63, 3.8) is 0 Å². The number of halogens is 1. The van der Waals surface area contributed by atoms with Gasteiger partial charge in [0.25, 0.3) is 5.91 Å². The van der Waals surface area contributed by atoms with Crippen molar-refractivity contribution < 1.29 is 13.2 Å². The highest BCUT2D eigenvalue weighted by molar-refractivity contribution is 9.10. The van der Waals surface area contributed by atoms with Crippen LogP contribution in [0.25, 0.3) is 5.82 Å². The van der Waals surface area contributed by atoms with Gasteiger partial charge in [0, 0.05) is 49.2 Å². The summed E-state index contributed by atoms with van der Waals surface area (Å²) in [5, 5.41) is 0. The maximum absolute atomic E-state index is 12.8. The van der Waals surface area contributed by atoms with Gasteiger partial charge < -0.3 is 4.90 Å². The van der Waals surface area contributed by atoms with Crippen LogP contribution < -0.4 is 0 Å². The lowest BCUT2D eigenvalue weighted by molar-refractivity contribution is 0.0697. The molecular formula is C19H18BrN5O3S. The van der Waals surface area contributed by atoms with Gasteiger partial charge >= 0.3 is 0 Å². The van der Waals surface area contributed by atoms with Gasteiger partial charge in [-0.1, -0.05) is 22.0 Å². The van der Waals surface area contributed by atoms with Gasteiger partial charge in [-0.15, -0.1) is 0 Å². The molecule has 3 aromatic rings. The molecule has 0 unspecified atom stereocenters. The van der Waals surface area contributed by atoms with Crippen LogP contribution in [0, 0.1) is 0 Å². The molecule has 29 heavy (non-hydrogen) atoms. The molecule has 10 heteroatoms. The number of carbonyl (C=O) groups is 1. The number of benzene rings is 1. The van der Waals surface area contributed by atoms with Crippen LogP contribution in [0.1, 0.15) is 10.4 Å². The number of carbonyl (C=O) groups excluding carboxylic acids is 1. The normalized spacial score (nSPS) is 15.4. The third-order valence-electron chi connectivity index (χ3n) is 4.72. The van der Waals surface area contributed by atoms with Crippen LogP contribution >= 0.6 is 15.9 Å². The van der Waals surface area contributed by atoms with Crippen molar-refractivity contribution in [3.05, 3.63) is 71.4 Å². The Hall–Kier alpha value is -2.56. The van der Waals surface area contributed by atoms with Crippen molar-refractivity contribution in [2.75, 3.05) is 26.2 Å². The predicted octanol–water partition coefficient (Wildman–Crippen LogP) is 2.18. The summed E-state index contributed by atoms with van der Waals surface area (Å²) >= 11 is 3.30. The number of piperazine rings is 1. The third kappa shape index (κ3) is 4.09. The van der Waals surface area contributed by atoms with Gasteiger partial charge in [0.05, 0.1) is 10.5 Å². The monoisotopic (exact) mass is 475 g/mol. The lowest BCUT2D eigenvalue weighted by atomic mass is 10.2. The summed E-state index contributed by atoms with van der Waals surface area (Å²) < 4.78 is 29.5. The van der Waals surface area contributed by atoms with Crippen LogP contribution in [0.3, 0.4) is 0 Å². The molecular weight excluding hydrogens is 458 g/mol. The highest BCUT2D eigenvalue weighted by Crippen LogP contribution is 2.21. The van der Waals surface area contributed by atoms with Gasteiger partial charge in [-0.3, -0.25) is 9.36 Å². The summed E-state index contributed by atoms with van der Waals surface area (Å²) in [4.78, 5) is 22.9. The summed E-state index contributed by atoms with van der Waals surface area (Å²) in [7, 11) is -3.58. The first-order chi connectivity index (χ1) is 13.9. The second-order valence-corrected chi connectivity index (χ2v) is 9.38. The van der Waals surface area contributed by atoms with Crippen LogP contribution in [-0.2, 0) is 10.0 Å². The summed E-state index contributed by atoms with van der Waals surface area (Å²) in [6, 6.07) is 10.1. The summed E-state index contributed by atoms with van der Waals surface area (Å²) in [5.74, 6) is 0.512. The lowest BCUT2D eigenvalue weighted by Crippen LogP contribution is -2.50. The average molecular weight is 476 g/mol. The third-order valence-corrected chi connectivity index (χ3v) is 7.11. The Labute approximate surface area is 177 Å². The van der Waals surface area contributed by atoms with Crippen molar-refractivity contribution in [1.82, 2.24) is 23.7 Å². The van der Waals surface area contributed by atoms with Crippen molar-refractivity contribution in [2.45, 2.75) is 4.90 Å². The molecule has 2 aromatic heterocycles. The van der Waals surface area contributed by atoms with Crippen LogP contribution in [0.5, 0.6) is 0 Å². The molecule has 0 atom stereocenters. The number of rotatable bonds is 4. The van der Waals surface area contributed by atoms with Gasteiger partial charge in [-0.05, 0) is 30.3 Å². The number of hydrogen-bond donors (Lipinski definition) is 0. The van der Waals surface area contributed by atoms with Crippen LogP contribution in [-0.4, -0.2) is 64.2 Å². The molecule has 1 fully saturated rings. The zero-order valence-electron chi connectivity index (χ0n) is 15.3. The first-order valence-corrected chi connectivity index (χ1v) is 11.2. The van der Waals surface area contributed by atoms with E-state index in [0.717, 1.165) is 0 Å². The molecule has 0 saturated carbocycles. The van der Waals surface area contributed by atoms with E-state index >= 15 is 0 Å². The maximum Gasteiger partial charge on any atom is 0.255 e. The zero-order chi connectivity index (χ0) is 20.4. The Bertz CT molecular complexity index is 1110. The van der Waals surface area contributed by atoms with Gasteiger partial charge in [-0.2, -0.15) is 4.31 Å². The number of pyridine rings is 1. The molecule has 1 saturated heterocycles. The lowest BCUT2D eigenvalue weighted by Gasteiger charge is -2.34. The molecule has 1 amide bonds. The van der Waals surface area contributed by atoms with E-state index in [0.29, 0.717) is 28.9 Å². The minimum atomic E-state index is -3.58. The minimum Gasteiger partial charge on any atom is -0.336 e. The Balaban J connectivity index is 1.42. The summed E-state index contributed by atoms with van der Waals surface area (Å²) in [6.07, 6.45) is 6.59. The number of sulfonamides is 1. The maximum atomic E-state index is 12.8. The average Bonchev–Trinajstić information content (AvgIpc) is 3.28. The Morgan fingerprint density at radius 2 is 1.86 bits per heavy atom. The fourth-order valence-corrected chi connectivity index (χ4v) is 5.17. The molecule has 0 N–H and O–H groups in total. The van der Waals surface area contributed by atoms with Gasteiger partial charge in [0.2, 0.25) is 10.0 Å². The molecule has 150 valence electrons. The number of aromatic nitrogens is 3. The molecule has 3 heterocycles. The van der Waals surface area contributed by atoms with Crippen molar-refractivity contribution >= 4 is 31.9 Å². The van der Waals surface area contributed by atoms with E-state index < -0.39 is 10.0 Å². The second kappa shape index (κ2) is 8.05. The summed E-state index contributed by atoms with van der Waals surface area (Å²) in [5.41, 5.74) is 0.470. The number of hydrogen-bond acceptors (Lipinski definition) is 5. The van der Waals surface area contributed by atoms with E-state index in [2.05, 4.69) is 25.9 Å². The van der Waals surface area contributed by atoms with E-state index in [9.17, 15) is 13.2 Å². The van der Waals surface area contributed by atoms with E-state index in [1.165, 1.54) is 10.5 Å². The largest absolute Gasteiger partial charge is 0.336 e. The fraction of sp³-hybridized carbons (Fsp3) is 0.211. The van der Waals surface area contributed by atoms with Crippen LogP contribution in [0.15, 0.2) is 70.7 Å². The Kier molecular flexibility index (Phi) is 5.48. The molecule has 0 bridgehead atoms. The van der Waals surface area contributed by atoms with E-state index in [4.69, 9.17) is 0 Å². The molecule has 0 spiro atoms. The van der Waals surface area contributed by atoms with E-state index in [-0.39, 0.29) is 23.9 Å². The summed E-state index contributed by atoms with van der Waals surface area (Å²) in [6.45, 7) is 1.16. The topological polar surface area (TPSA) is 88.4 Å². The number of nitrogens with zero attached hydrogens (tertiary/aromatic N) is 5. The quantitative estimate of drug-likeness (QED) is 0.576. The predicted molar refractivity (Wildman–Crippen MR) is 110 cm³/mol. The first kappa shape index (κ1) is 19.7. The van der Waals surface area contributed by atoms with Crippen molar-refractivity contribution in [2.24, 2.45) is 0 Å². The number of imidazole rings is 1. The molecule has 1 aliphatic heterocycles. The van der Waals surface area contributed by atoms with Gasteiger partial charge in [0.1, 0.15) is 12.1 Å². The molecule has 8 nitrogen and oxygen atoms in total. The van der Waals surface area contributed by atoms with E-state index in [1.54, 1.807) is 64.6 Å². The first-order valence-electron chi connectivity index (χ1n) is 8.94. The van der Waals surface area contributed by atoms with Gasteiger partial charge in [-0.25, -0.2) is 18.4 Å². The highest BCUT2D eigenvalue weighted by Gasteiger charge is 2.30. The van der Waals surface area contributed by atoms with Crippen LogP contribution in [0.4, 0.5) is 0 Å². The highest BCUT2D eigenvalue weighted by atomic mass is 79.9. The second-order valence-electron chi connectivity index (χ2n) is 6.53. The smallest absolute Gasteiger partial charge is 0.255 e. The standard InChI is InChI=1S/C19H18BrN5O3S/c20-16-2-1-3-17(12-16)29(27,28)25-10-8-23(9-11-25)19(26)15-4-5-18(22-13-15)24-7-6-21-14-24/h1-7,12-14H,8-11H2. The number of amides is 1.